The van der Waals surface area contributed by atoms with E-state index in [1.807, 2.05) is 19.1 Å². The Labute approximate surface area is 75.9 Å². The third kappa shape index (κ3) is 1.47. The maximum absolute atomic E-state index is 10.9. The first kappa shape index (κ1) is 8.04. The van der Waals surface area contributed by atoms with Crippen LogP contribution < -0.4 is 5.32 Å². The third-order valence-electron chi connectivity index (χ3n) is 2.05. The summed E-state index contributed by atoms with van der Waals surface area (Å²) in [5.74, 6) is 0. The van der Waals surface area contributed by atoms with Gasteiger partial charge in [0.2, 0.25) is 0 Å². The van der Waals surface area contributed by atoms with Crippen LogP contribution in [0.15, 0.2) is 24.5 Å². The van der Waals surface area contributed by atoms with Crippen LogP contribution in [0.2, 0.25) is 0 Å². The zero-order valence-electron chi connectivity index (χ0n) is 7.23. The predicted octanol–water partition coefficient (Wildman–Crippen LogP) is 1.25. The van der Waals surface area contributed by atoms with Crippen LogP contribution in [0.3, 0.4) is 0 Å². The third-order valence-corrected chi connectivity index (χ3v) is 2.05. The van der Waals surface area contributed by atoms with Crippen molar-refractivity contribution >= 4 is 6.09 Å². The predicted molar refractivity (Wildman–Crippen MR) is 46.1 cm³/mol. The Bertz CT molecular complexity index is 313. The summed E-state index contributed by atoms with van der Waals surface area (Å²) in [5.41, 5.74) is 0.924. The molecule has 1 aliphatic rings. The normalized spacial score (nSPS) is 26.7. The molecule has 2 rings (SSSR count). The van der Waals surface area contributed by atoms with E-state index < -0.39 is 0 Å². The fraction of sp³-hybridized carbons (Fsp3) is 0.333. The molecular formula is C9H10N2O2. The fourth-order valence-electron chi connectivity index (χ4n) is 1.41. The molecule has 1 N–H and O–H groups in total. The highest BCUT2D eigenvalue weighted by atomic mass is 16.6. The highest BCUT2D eigenvalue weighted by Gasteiger charge is 2.31. The van der Waals surface area contributed by atoms with Crippen molar-refractivity contribution in [1.82, 2.24) is 10.3 Å². The highest BCUT2D eigenvalue weighted by Crippen LogP contribution is 2.24. The molecule has 0 aliphatic carbocycles. The summed E-state index contributed by atoms with van der Waals surface area (Å²) in [5, 5.41) is 2.68. The maximum atomic E-state index is 10.9. The molecule has 2 heterocycles. The van der Waals surface area contributed by atoms with Gasteiger partial charge in [0.1, 0.15) is 0 Å². The summed E-state index contributed by atoms with van der Waals surface area (Å²) in [6.45, 7) is 1.91. The van der Waals surface area contributed by atoms with Crippen molar-refractivity contribution in [1.29, 1.82) is 0 Å². The van der Waals surface area contributed by atoms with Gasteiger partial charge in [0.25, 0.3) is 0 Å². The number of hydrogen-bond acceptors (Lipinski definition) is 3. The molecule has 4 nitrogen and oxygen atoms in total. The highest BCUT2D eigenvalue weighted by molar-refractivity contribution is 5.70. The molecule has 4 heteroatoms. The van der Waals surface area contributed by atoms with Gasteiger partial charge in [-0.1, -0.05) is 6.07 Å². The first-order valence-electron chi connectivity index (χ1n) is 4.14. The minimum Gasteiger partial charge on any atom is -0.439 e. The molecule has 1 saturated heterocycles. The van der Waals surface area contributed by atoms with Gasteiger partial charge in [-0.15, -0.1) is 0 Å². The number of ether oxygens (including phenoxy) is 1. The van der Waals surface area contributed by atoms with Crippen LogP contribution >= 0.6 is 0 Å². The van der Waals surface area contributed by atoms with Crippen molar-refractivity contribution in [2.45, 2.75) is 19.1 Å². The van der Waals surface area contributed by atoms with Crippen LogP contribution in [0.1, 0.15) is 18.6 Å². The average molecular weight is 178 g/mol. The molecule has 0 spiro atoms. The van der Waals surface area contributed by atoms with Crippen LogP contribution in [0.5, 0.6) is 0 Å². The number of alkyl carbamates (subject to hydrolysis) is 1. The van der Waals surface area contributed by atoms with Crippen molar-refractivity contribution in [3.05, 3.63) is 30.1 Å². The molecule has 0 unspecified atom stereocenters. The molecule has 2 atom stereocenters. The zero-order valence-corrected chi connectivity index (χ0v) is 7.23. The number of pyridine rings is 1. The lowest BCUT2D eigenvalue weighted by Crippen LogP contribution is -2.23. The van der Waals surface area contributed by atoms with Gasteiger partial charge in [-0.2, -0.15) is 0 Å². The van der Waals surface area contributed by atoms with Gasteiger partial charge >= 0.3 is 6.09 Å². The average Bonchev–Trinajstić information content (AvgIpc) is 2.47. The second-order valence-corrected chi connectivity index (χ2v) is 3.05. The van der Waals surface area contributed by atoms with Gasteiger partial charge in [-0.25, -0.2) is 4.79 Å². The molecule has 68 valence electrons. The van der Waals surface area contributed by atoms with Crippen LogP contribution in [-0.2, 0) is 4.74 Å². The Morgan fingerprint density at radius 2 is 2.46 bits per heavy atom. The monoisotopic (exact) mass is 178 g/mol. The molecule has 13 heavy (non-hydrogen) atoms. The number of nitrogens with one attached hydrogen (secondary N) is 1. The molecule has 1 aromatic rings. The van der Waals surface area contributed by atoms with E-state index in [9.17, 15) is 4.79 Å². The Balaban J connectivity index is 2.23. The summed E-state index contributed by atoms with van der Waals surface area (Å²) in [7, 11) is 0. The second kappa shape index (κ2) is 3.05. The van der Waals surface area contributed by atoms with E-state index in [1.54, 1.807) is 12.4 Å². The largest absolute Gasteiger partial charge is 0.439 e. The van der Waals surface area contributed by atoms with Crippen LogP contribution in [-0.4, -0.2) is 17.1 Å². The molecule has 0 saturated carbocycles. The summed E-state index contributed by atoms with van der Waals surface area (Å²) in [6, 6.07) is 3.74. The Kier molecular flexibility index (Phi) is 1.88. The van der Waals surface area contributed by atoms with Gasteiger partial charge in [-0.05, 0) is 13.0 Å². The smallest absolute Gasteiger partial charge is 0.408 e. The van der Waals surface area contributed by atoms with E-state index in [0.29, 0.717) is 0 Å². The van der Waals surface area contributed by atoms with Crippen molar-refractivity contribution in [3.63, 3.8) is 0 Å². The van der Waals surface area contributed by atoms with Gasteiger partial charge in [0.15, 0.2) is 6.10 Å². The first-order valence-corrected chi connectivity index (χ1v) is 4.14. The summed E-state index contributed by atoms with van der Waals surface area (Å²) in [6.07, 6.45) is 2.84. The zero-order chi connectivity index (χ0) is 9.26. The van der Waals surface area contributed by atoms with E-state index in [0.717, 1.165) is 5.56 Å². The van der Waals surface area contributed by atoms with Crippen molar-refractivity contribution < 1.29 is 9.53 Å². The number of carbonyl (C=O) groups is 1. The Morgan fingerprint density at radius 1 is 1.62 bits per heavy atom. The van der Waals surface area contributed by atoms with E-state index in [1.165, 1.54) is 0 Å². The van der Waals surface area contributed by atoms with Crippen LogP contribution in [0.25, 0.3) is 0 Å². The fourth-order valence-corrected chi connectivity index (χ4v) is 1.41. The van der Waals surface area contributed by atoms with Crippen LogP contribution in [0.4, 0.5) is 4.79 Å². The van der Waals surface area contributed by atoms with Crippen molar-refractivity contribution in [2.24, 2.45) is 0 Å². The number of nitrogens with zero attached hydrogens (tertiary/aromatic N) is 1. The number of amides is 1. The number of aromatic nitrogens is 1. The minimum atomic E-state index is -0.360. The molecule has 0 radical (unpaired) electrons. The van der Waals surface area contributed by atoms with Gasteiger partial charge in [0, 0.05) is 18.0 Å². The molecule has 1 fully saturated rings. The molecule has 1 aliphatic heterocycles. The van der Waals surface area contributed by atoms with Crippen molar-refractivity contribution in [2.75, 3.05) is 0 Å². The molecular weight excluding hydrogens is 168 g/mol. The molecule has 1 aromatic heterocycles. The lowest BCUT2D eigenvalue weighted by molar-refractivity contribution is 0.133. The lowest BCUT2D eigenvalue weighted by atomic mass is 10.1. The first-order chi connectivity index (χ1) is 6.27. The molecule has 1 amide bonds. The lowest BCUT2D eigenvalue weighted by Gasteiger charge is -2.11. The molecule has 0 aromatic carbocycles. The Hall–Kier alpha value is -1.58. The van der Waals surface area contributed by atoms with E-state index in [-0.39, 0.29) is 18.2 Å². The summed E-state index contributed by atoms with van der Waals surface area (Å²) < 4.78 is 5.07. The van der Waals surface area contributed by atoms with Gasteiger partial charge < -0.3 is 10.1 Å². The van der Waals surface area contributed by atoms with E-state index in [2.05, 4.69) is 10.3 Å². The summed E-state index contributed by atoms with van der Waals surface area (Å²) in [4.78, 5) is 14.9. The van der Waals surface area contributed by atoms with Gasteiger partial charge in [0.05, 0.1) is 6.04 Å². The number of rotatable bonds is 1. The number of cyclic esters (lactones) is 1. The Morgan fingerprint density at radius 3 is 3.00 bits per heavy atom. The van der Waals surface area contributed by atoms with E-state index >= 15 is 0 Å². The standard InChI is InChI=1S/C9H10N2O2/c1-6-8(13-9(12)11-6)7-3-2-4-10-5-7/h2-6,8H,1H3,(H,11,12)/t6-,8-/m1/s1. The number of carbonyl (C=O) groups excluding carboxylic acids is 1. The SMILES string of the molecule is C[C@H]1NC(=O)O[C@H]1c1cccnc1. The summed E-state index contributed by atoms with van der Waals surface area (Å²) >= 11 is 0. The number of hydrogen-bond donors (Lipinski definition) is 1. The minimum absolute atomic E-state index is 0.0108. The van der Waals surface area contributed by atoms with Gasteiger partial charge in [-0.3, -0.25) is 4.98 Å². The van der Waals surface area contributed by atoms with Crippen LogP contribution in [0, 0.1) is 0 Å². The maximum Gasteiger partial charge on any atom is 0.408 e. The van der Waals surface area contributed by atoms with Crippen molar-refractivity contribution in [3.8, 4) is 0 Å². The topological polar surface area (TPSA) is 51.2 Å². The second-order valence-electron chi connectivity index (χ2n) is 3.05. The van der Waals surface area contributed by atoms with E-state index in [4.69, 9.17) is 4.74 Å². The quantitative estimate of drug-likeness (QED) is 0.704. The molecule has 0 bridgehead atoms.